The Morgan fingerprint density at radius 2 is 2.17 bits per heavy atom. The summed E-state index contributed by atoms with van der Waals surface area (Å²) in [4.78, 5) is 15.8. The molecule has 3 N–H and O–H groups in total. The van der Waals surface area contributed by atoms with Gasteiger partial charge in [0.1, 0.15) is 11.3 Å². The Hall–Kier alpha value is -1.01. The van der Waals surface area contributed by atoms with Gasteiger partial charge in [0.25, 0.3) is 5.22 Å². The third-order valence-corrected chi connectivity index (χ3v) is 3.79. The van der Waals surface area contributed by atoms with Gasteiger partial charge < -0.3 is 15.5 Å². The SMILES string of the molecule is Cc1nc(SCC(C)(NC(C)C)C(N)=O)oc1C. The van der Waals surface area contributed by atoms with E-state index in [-0.39, 0.29) is 11.9 Å². The summed E-state index contributed by atoms with van der Waals surface area (Å²) in [7, 11) is 0. The molecular weight excluding hydrogens is 250 g/mol. The molecule has 1 atom stereocenters. The molecule has 102 valence electrons. The third-order valence-electron chi connectivity index (χ3n) is 2.64. The molecule has 0 saturated carbocycles. The van der Waals surface area contributed by atoms with E-state index in [1.165, 1.54) is 11.8 Å². The van der Waals surface area contributed by atoms with Gasteiger partial charge in [-0.3, -0.25) is 4.79 Å². The maximum Gasteiger partial charge on any atom is 0.256 e. The van der Waals surface area contributed by atoms with Crippen LogP contribution in [-0.4, -0.2) is 28.2 Å². The first-order chi connectivity index (χ1) is 8.24. The molecule has 5 nitrogen and oxygen atoms in total. The zero-order valence-electron chi connectivity index (χ0n) is 11.5. The van der Waals surface area contributed by atoms with Gasteiger partial charge in [-0.2, -0.15) is 0 Å². The number of hydrogen-bond donors (Lipinski definition) is 2. The van der Waals surface area contributed by atoms with Crippen molar-refractivity contribution in [2.24, 2.45) is 5.73 Å². The summed E-state index contributed by atoms with van der Waals surface area (Å²) >= 11 is 1.39. The van der Waals surface area contributed by atoms with Crippen molar-refractivity contribution in [2.75, 3.05) is 5.75 Å². The van der Waals surface area contributed by atoms with Crippen molar-refractivity contribution < 1.29 is 9.21 Å². The molecule has 0 aromatic carbocycles. The van der Waals surface area contributed by atoms with Crippen molar-refractivity contribution in [3.63, 3.8) is 0 Å². The zero-order chi connectivity index (χ0) is 13.9. The third kappa shape index (κ3) is 3.74. The fourth-order valence-electron chi connectivity index (χ4n) is 1.53. The molecular formula is C12H21N3O2S. The van der Waals surface area contributed by atoms with E-state index in [1.807, 2.05) is 27.7 Å². The summed E-state index contributed by atoms with van der Waals surface area (Å²) in [6.07, 6.45) is 0. The second kappa shape index (κ2) is 5.75. The van der Waals surface area contributed by atoms with Gasteiger partial charge in [0, 0.05) is 11.8 Å². The minimum atomic E-state index is -0.769. The first kappa shape index (κ1) is 15.0. The highest BCUT2D eigenvalue weighted by Crippen LogP contribution is 2.24. The topological polar surface area (TPSA) is 81.1 Å². The van der Waals surface area contributed by atoms with Crippen LogP contribution < -0.4 is 11.1 Å². The van der Waals surface area contributed by atoms with Crippen LogP contribution in [0.3, 0.4) is 0 Å². The van der Waals surface area contributed by atoms with Crippen LogP contribution in [0.1, 0.15) is 32.2 Å². The molecule has 1 rings (SSSR count). The largest absolute Gasteiger partial charge is 0.437 e. The van der Waals surface area contributed by atoms with E-state index in [4.69, 9.17) is 10.2 Å². The van der Waals surface area contributed by atoms with Crippen molar-refractivity contribution in [3.8, 4) is 0 Å². The highest BCUT2D eigenvalue weighted by molar-refractivity contribution is 7.99. The second-order valence-electron chi connectivity index (χ2n) is 4.91. The second-order valence-corrected chi connectivity index (χ2v) is 5.83. The molecule has 0 saturated heterocycles. The lowest BCUT2D eigenvalue weighted by atomic mass is 10.0. The van der Waals surface area contributed by atoms with Crippen molar-refractivity contribution in [1.29, 1.82) is 0 Å². The Kier molecular flexibility index (Phi) is 4.81. The molecule has 0 aliphatic carbocycles. The van der Waals surface area contributed by atoms with E-state index < -0.39 is 5.54 Å². The summed E-state index contributed by atoms with van der Waals surface area (Å²) in [6, 6.07) is 0.177. The molecule has 0 aliphatic heterocycles. The molecule has 0 fully saturated rings. The van der Waals surface area contributed by atoms with Crippen molar-refractivity contribution in [1.82, 2.24) is 10.3 Å². The first-order valence-electron chi connectivity index (χ1n) is 5.89. The van der Waals surface area contributed by atoms with Crippen molar-refractivity contribution in [3.05, 3.63) is 11.5 Å². The van der Waals surface area contributed by atoms with Gasteiger partial charge in [0.05, 0.1) is 5.69 Å². The van der Waals surface area contributed by atoms with Crippen molar-refractivity contribution >= 4 is 17.7 Å². The van der Waals surface area contributed by atoms with Crippen LogP contribution in [0.2, 0.25) is 0 Å². The molecule has 6 heteroatoms. The zero-order valence-corrected chi connectivity index (χ0v) is 12.4. The summed E-state index contributed by atoms with van der Waals surface area (Å²) in [5.41, 5.74) is 5.55. The molecule has 1 amide bonds. The van der Waals surface area contributed by atoms with Gasteiger partial charge >= 0.3 is 0 Å². The highest BCUT2D eigenvalue weighted by atomic mass is 32.2. The standard InChI is InChI=1S/C12H21N3O2S/c1-7(2)15-12(5,10(13)16)6-18-11-14-8(3)9(4)17-11/h7,15H,6H2,1-5H3,(H2,13,16). The molecule has 0 bridgehead atoms. The smallest absolute Gasteiger partial charge is 0.256 e. The van der Waals surface area contributed by atoms with Crippen molar-refractivity contribution in [2.45, 2.75) is 51.4 Å². The lowest BCUT2D eigenvalue weighted by Gasteiger charge is -2.28. The van der Waals surface area contributed by atoms with E-state index in [9.17, 15) is 4.79 Å². The lowest BCUT2D eigenvalue weighted by Crippen LogP contribution is -2.57. The summed E-state index contributed by atoms with van der Waals surface area (Å²) in [5, 5.41) is 3.75. The Labute approximate surface area is 112 Å². The number of rotatable bonds is 6. The minimum Gasteiger partial charge on any atom is -0.437 e. The summed E-state index contributed by atoms with van der Waals surface area (Å²) in [6.45, 7) is 9.51. The van der Waals surface area contributed by atoms with Gasteiger partial charge in [-0.1, -0.05) is 11.8 Å². The minimum absolute atomic E-state index is 0.177. The molecule has 0 aliphatic rings. The van der Waals surface area contributed by atoms with Gasteiger partial charge in [0.2, 0.25) is 5.91 Å². The van der Waals surface area contributed by atoms with Gasteiger partial charge in [-0.05, 0) is 34.6 Å². The average Bonchev–Trinajstić information content (AvgIpc) is 2.54. The Morgan fingerprint density at radius 1 is 1.56 bits per heavy atom. The number of carbonyl (C=O) groups is 1. The predicted octanol–water partition coefficient (Wildman–Crippen LogP) is 1.63. The lowest BCUT2D eigenvalue weighted by molar-refractivity contribution is -0.123. The van der Waals surface area contributed by atoms with E-state index >= 15 is 0 Å². The van der Waals surface area contributed by atoms with E-state index in [1.54, 1.807) is 6.92 Å². The maximum absolute atomic E-state index is 11.5. The Bertz CT molecular complexity index is 411. The van der Waals surface area contributed by atoms with E-state index in [2.05, 4.69) is 10.3 Å². The predicted molar refractivity (Wildman–Crippen MR) is 72.6 cm³/mol. The van der Waals surface area contributed by atoms with Crippen LogP contribution in [0.15, 0.2) is 9.64 Å². The number of aromatic nitrogens is 1. The van der Waals surface area contributed by atoms with Gasteiger partial charge in [-0.15, -0.1) is 0 Å². The number of nitrogens with two attached hydrogens (primary N) is 1. The fourth-order valence-corrected chi connectivity index (χ4v) is 2.56. The molecule has 1 aromatic rings. The monoisotopic (exact) mass is 271 g/mol. The normalized spacial score (nSPS) is 14.8. The maximum atomic E-state index is 11.5. The number of nitrogens with zero attached hydrogens (tertiary/aromatic N) is 1. The van der Waals surface area contributed by atoms with E-state index in [0.717, 1.165) is 11.5 Å². The van der Waals surface area contributed by atoms with E-state index in [0.29, 0.717) is 11.0 Å². The number of hydrogen-bond acceptors (Lipinski definition) is 5. The number of amides is 1. The number of thioether (sulfide) groups is 1. The quantitative estimate of drug-likeness (QED) is 0.768. The van der Waals surface area contributed by atoms with Crippen LogP contribution in [-0.2, 0) is 4.79 Å². The van der Waals surface area contributed by atoms with Crippen LogP contribution in [0.4, 0.5) is 0 Å². The Balaban J connectivity index is 2.71. The number of aryl methyl sites for hydroxylation is 2. The van der Waals surface area contributed by atoms with Crippen LogP contribution in [0, 0.1) is 13.8 Å². The first-order valence-corrected chi connectivity index (χ1v) is 6.87. The molecule has 0 radical (unpaired) electrons. The molecule has 0 spiro atoms. The number of oxazole rings is 1. The number of carbonyl (C=O) groups excluding carboxylic acids is 1. The molecule has 1 heterocycles. The fraction of sp³-hybridized carbons (Fsp3) is 0.667. The number of primary amides is 1. The van der Waals surface area contributed by atoms with Crippen LogP contribution >= 0.6 is 11.8 Å². The molecule has 1 unspecified atom stereocenters. The summed E-state index contributed by atoms with van der Waals surface area (Å²) in [5.74, 6) is 0.915. The average molecular weight is 271 g/mol. The van der Waals surface area contributed by atoms with Gasteiger partial charge in [-0.25, -0.2) is 4.98 Å². The highest BCUT2D eigenvalue weighted by Gasteiger charge is 2.32. The number of nitrogens with one attached hydrogen (secondary N) is 1. The Morgan fingerprint density at radius 3 is 2.56 bits per heavy atom. The summed E-state index contributed by atoms with van der Waals surface area (Å²) < 4.78 is 5.47. The van der Waals surface area contributed by atoms with Crippen LogP contribution in [0.25, 0.3) is 0 Å². The van der Waals surface area contributed by atoms with Crippen LogP contribution in [0.5, 0.6) is 0 Å². The molecule has 1 aromatic heterocycles. The van der Waals surface area contributed by atoms with Gasteiger partial charge in [0.15, 0.2) is 0 Å². The molecule has 18 heavy (non-hydrogen) atoms.